The molecule has 3 aromatic carbocycles. The molecule has 0 radical (unpaired) electrons. The quantitative estimate of drug-likeness (QED) is 0.172. The monoisotopic (exact) mass is 538 g/mol. The van der Waals surface area contributed by atoms with Gasteiger partial charge < -0.3 is 5.32 Å². The summed E-state index contributed by atoms with van der Waals surface area (Å²) in [6, 6.07) is 18.2. The average molecular weight is 539 g/mol. The number of nitriles is 1. The van der Waals surface area contributed by atoms with Crippen molar-refractivity contribution in [2.24, 2.45) is 0 Å². The number of nitrogens with zero attached hydrogens (tertiary/aromatic N) is 5. The van der Waals surface area contributed by atoms with E-state index >= 15 is 0 Å². The number of halogens is 2. The van der Waals surface area contributed by atoms with Crippen LogP contribution in [0.3, 0.4) is 0 Å². The fourth-order valence-corrected chi connectivity index (χ4v) is 4.32. The fraction of sp³-hybridized carbons (Fsp3) is 0.0833. The smallest absolute Gasteiger partial charge is 0.270 e. The van der Waals surface area contributed by atoms with Gasteiger partial charge in [0.25, 0.3) is 5.69 Å². The van der Waals surface area contributed by atoms with Gasteiger partial charge >= 0.3 is 0 Å². The van der Waals surface area contributed by atoms with Gasteiger partial charge in [0, 0.05) is 27.7 Å². The molecule has 0 unspecified atom stereocenters. The first-order valence-corrected chi connectivity index (χ1v) is 12.1. The maximum Gasteiger partial charge on any atom is 0.270 e. The molecule has 36 heavy (non-hydrogen) atoms. The Morgan fingerprint density at radius 3 is 2.56 bits per heavy atom. The van der Waals surface area contributed by atoms with Gasteiger partial charge in [0.1, 0.15) is 6.07 Å². The lowest BCUT2D eigenvalue weighted by Crippen LogP contribution is -2.15. The number of anilines is 1. The molecular formula is C24H16Cl2N6O3S. The van der Waals surface area contributed by atoms with Crippen molar-refractivity contribution in [2.45, 2.75) is 12.1 Å². The third-order valence-corrected chi connectivity index (χ3v) is 6.68. The Morgan fingerprint density at radius 2 is 1.89 bits per heavy atom. The van der Waals surface area contributed by atoms with Crippen LogP contribution in [0, 0.1) is 28.4 Å². The van der Waals surface area contributed by atoms with Crippen molar-refractivity contribution in [3.05, 3.63) is 92.0 Å². The summed E-state index contributed by atoms with van der Waals surface area (Å²) in [7, 11) is 0. The van der Waals surface area contributed by atoms with Crippen LogP contribution in [0.15, 0.2) is 65.8 Å². The average Bonchev–Trinajstić information content (AvgIpc) is 3.29. The number of thioether (sulfide) groups is 1. The van der Waals surface area contributed by atoms with Crippen LogP contribution in [0.4, 0.5) is 11.4 Å². The molecule has 0 aliphatic heterocycles. The number of hydrogen-bond acceptors (Lipinski definition) is 7. The Morgan fingerprint density at radius 1 is 1.14 bits per heavy atom. The predicted molar refractivity (Wildman–Crippen MR) is 139 cm³/mol. The number of aryl methyl sites for hydroxylation is 1. The van der Waals surface area contributed by atoms with Gasteiger partial charge in [0.15, 0.2) is 11.0 Å². The van der Waals surface area contributed by atoms with Gasteiger partial charge in [-0.05, 0) is 55.0 Å². The number of benzene rings is 3. The summed E-state index contributed by atoms with van der Waals surface area (Å²) in [6.45, 7) is 1.89. The number of nitro groups is 1. The third-order valence-electron chi connectivity index (χ3n) is 5.09. The molecule has 0 fully saturated rings. The summed E-state index contributed by atoms with van der Waals surface area (Å²) >= 11 is 13.5. The van der Waals surface area contributed by atoms with Gasteiger partial charge in [-0.3, -0.25) is 19.5 Å². The van der Waals surface area contributed by atoms with Crippen LogP contribution in [0.25, 0.3) is 17.1 Å². The van der Waals surface area contributed by atoms with Crippen molar-refractivity contribution in [1.82, 2.24) is 14.8 Å². The van der Waals surface area contributed by atoms with Gasteiger partial charge in [0.05, 0.1) is 27.6 Å². The largest absolute Gasteiger partial charge is 0.324 e. The lowest BCUT2D eigenvalue weighted by atomic mass is 10.1. The molecule has 0 aliphatic carbocycles. The Balaban J connectivity index is 1.61. The second kappa shape index (κ2) is 10.8. The van der Waals surface area contributed by atoms with Gasteiger partial charge in [0.2, 0.25) is 5.91 Å². The minimum Gasteiger partial charge on any atom is -0.324 e. The molecule has 1 amide bonds. The third kappa shape index (κ3) is 5.49. The molecule has 180 valence electrons. The minimum absolute atomic E-state index is 0.00922. The van der Waals surface area contributed by atoms with Crippen molar-refractivity contribution in [1.29, 1.82) is 5.26 Å². The van der Waals surface area contributed by atoms with Crippen molar-refractivity contribution in [3.8, 4) is 23.1 Å². The van der Waals surface area contributed by atoms with Crippen LogP contribution in [-0.4, -0.2) is 31.3 Å². The van der Waals surface area contributed by atoms with Gasteiger partial charge in [-0.1, -0.05) is 41.0 Å². The molecular weight excluding hydrogens is 523 g/mol. The van der Waals surface area contributed by atoms with E-state index < -0.39 is 10.8 Å². The van der Waals surface area contributed by atoms with Crippen LogP contribution >= 0.6 is 35.0 Å². The van der Waals surface area contributed by atoms with Crippen LogP contribution in [-0.2, 0) is 4.79 Å². The van der Waals surface area contributed by atoms with Crippen LogP contribution < -0.4 is 5.32 Å². The fourth-order valence-electron chi connectivity index (χ4n) is 3.27. The Labute approximate surface area is 219 Å². The summed E-state index contributed by atoms with van der Waals surface area (Å²) in [5.74, 6) is 0.0618. The molecule has 9 nitrogen and oxygen atoms in total. The highest BCUT2D eigenvalue weighted by molar-refractivity contribution is 7.99. The normalized spacial score (nSPS) is 10.6. The van der Waals surface area contributed by atoms with E-state index in [1.165, 1.54) is 12.1 Å². The first-order valence-electron chi connectivity index (χ1n) is 10.4. The van der Waals surface area contributed by atoms with E-state index in [9.17, 15) is 20.2 Å². The number of nitrogens with one attached hydrogen (secondary N) is 1. The zero-order chi connectivity index (χ0) is 25.8. The van der Waals surface area contributed by atoms with Crippen molar-refractivity contribution in [2.75, 3.05) is 11.1 Å². The highest BCUT2D eigenvalue weighted by Gasteiger charge is 2.19. The number of carbonyl (C=O) groups excluding carboxylic acids is 1. The second-order valence-corrected chi connectivity index (χ2v) is 9.30. The maximum absolute atomic E-state index is 12.7. The van der Waals surface area contributed by atoms with Crippen LogP contribution in [0.5, 0.6) is 0 Å². The molecule has 0 atom stereocenters. The lowest BCUT2D eigenvalue weighted by Gasteiger charge is -2.12. The van der Waals surface area contributed by atoms with E-state index in [2.05, 4.69) is 15.5 Å². The predicted octanol–water partition coefficient (Wildman–Crippen LogP) is 6.06. The molecule has 4 aromatic rings. The summed E-state index contributed by atoms with van der Waals surface area (Å²) in [6.07, 6.45) is 0. The zero-order valence-corrected chi connectivity index (χ0v) is 20.9. The van der Waals surface area contributed by atoms with E-state index in [-0.39, 0.29) is 22.7 Å². The summed E-state index contributed by atoms with van der Waals surface area (Å²) in [5.41, 5.74) is 2.33. The van der Waals surface area contributed by atoms with Crippen LogP contribution in [0.1, 0.15) is 11.1 Å². The molecule has 0 spiro atoms. The molecule has 0 aliphatic rings. The molecule has 12 heteroatoms. The van der Waals surface area contributed by atoms with E-state index in [0.29, 0.717) is 26.7 Å². The Hall–Kier alpha value is -3.91. The number of hydrogen-bond donors (Lipinski definition) is 1. The SMILES string of the molecule is Cc1ccc(-n2c(SCC(=O)Nc3ccc([N+](=O)[O-])cc3C#N)nnc2-c2ccc(Cl)cc2)cc1Cl. The number of carbonyl (C=O) groups is 1. The number of nitro benzene ring substituents is 1. The lowest BCUT2D eigenvalue weighted by molar-refractivity contribution is -0.384. The zero-order valence-electron chi connectivity index (χ0n) is 18.6. The molecule has 1 heterocycles. The van der Waals surface area contributed by atoms with Crippen molar-refractivity contribution in [3.63, 3.8) is 0 Å². The molecule has 1 aromatic heterocycles. The molecule has 0 saturated heterocycles. The summed E-state index contributed by atoms with van der Waals surface area (Å²) in [5, 5.41) is 33.1. The number of amides is 1. The first kappa shape index (κ1) is 25.2. The topological polar surface area (TPSA) is 127 Å². The molecule has 0 saturated carbocycles. The first-order chi connectivity index (χ1) is 17.3. The summed E-state index contributed by atoms with van der Waals surface area (Å²) in [4.78, 5) is 23.0. The molecule has 1 N–H and O–H groups in total. The Bertz CT molecular complexity index is 1520. The van der Waals surface area contributed by atoms with Crippen LogP contribution in [0.2, 0.25) is 10.0 Å². The molecule has 0 bridgehead atoms. The second-order valence-electron chi connectivity index (χ2n) is 7.52. The van der Waals surface area contributed by atoms with Crippen molar-refractivity contribution >= 4 is 52.2 Å². The minimum atomic E-state index is -0.606. The maximum atomic E-state index is 12.7. The van der Waals surface area contributed by atoms with Crippen molar-refractivity contribution < 1.29 is 9.72 Å². The number of aromatic nitrogens is 3. The molecule has 4 rings (SSSR count). The highest BCUT2D eigenvalue weighted by atomic mass is 35.5. The highest BCUT2D eigenvalue weighted by Crippen LogP contribution is 2.31. The number of rotatable bonds is 7. The van der Waals surface area contributed by atoms with E-state index in [4.69, 9.17) is 23.2 Å². The van der Waals surface area contributed by atoms with Gasteiger partial charge in [-0.15, -0.1) is 10.2 Å². The standard InChI is InChI=1S/C24H16Cl2N6O3S/c1-14-2-7-18(11-20(14)26)31-23(15-3-5-17(25)6-4-15)29-30-24(31)36-13-22(33)28-21-9-8-19(32(34)35)10-16(21)12-27/h2-11H,13H2,1H3,(H,28,33). The summed E-state index contributed by atoms with van der Waals surface area (Å²) < 4.78 is 1.79. The number of non-ortho nitro benzene ring substituents is 1. The van der Waals surface area contributed by atoms with E-state index in [1.807, 2.05) is 37.3 Å². The Kier molecular flexibility index (Phi) is 7.55. The van der Waals surface area contributed by atoms with Gasteiger partial charge in [-0.25, -0.2) is 0 Å². The van der Waals surface area contributed by atoms with E-state index in [0.717, 1.165) is 29.0 Å². The van der Waals surface area contributed by atoms with Gasteiger partial charge in [-0.2, -0.15) is 5.26 Å². The van der Waals surface area contributed by atoms with E-state index in [1.54, 1.807) is 22.8 Å².